The van der Waals surface area contributed by atoms with Gasteiger partial charge < -0.3 is 9.47 Å². The second-order valence-corrected chi connectivity index (χ2v) is 4.78. The van der Waals surface area contributed by atoms with E-state index < -0.39 is 23.7 Å². The minimum atomic E-state index is -0.809. The summed E-state index contributed by atoms with van der Waals surface area (Å²) < 4.78 is 38.5. The summed E-state index contributed by atoms with van der Waals surface area (Å²) in [5, 5.41) is 0. The minimum absolute atomic E-state index is 0.0296. The van der Waals surface area contributed by atoms with Crippen LogP contribution in [0.25, 0.3) is 0 Å². The maximum Gasteiger partial charge on any atom is 0.196 e. The lowest BCUT2D eigenvalue weighted by Crippen LogP contribution is -2.15. The smallest absolute Gasteiger partial charge is 0.196 e. The van der Waals surface area contributed by atoms with E-state index >= 15 is 0 Å². The molecule has 2 rings (SSSR count). The summed E-state index contributed by atoms with van der Waals surface area (Å²) in [4.78, 5) is 12.6. The Balaban J connectivity index is 2.50. The first kappa shape index (κ1) is 17.2. The summed E-state index contributed by atoms with van der Waals surface area (Å²) >= 11 is 0. The molecule has 0 saturated heterocycles. The maximum absolute atomic E-state index is 13.9. The van der Waals surface area contributed by atoms with Crippen molar-refractivity contribution in [2.75, 3.05) is 13.2 Å². The summed E-state index contributed by atoms with van der Waals surface area (Å²) in [7, 11) is 0. The van der Waals surface area contributed by atoms with E-state index in [1.807, 2.05) is 0 Å². The van der Waals surface area contributed by atoms with Crippen LogP contribution in [0.2, 0.25) is 0 Å². The number of carbonyl (C=O) groups excluding carboxylic acids is 1. The predicted molar refractivity (Wildman–Crippen MR) is 82.2 cm³/mol. The fourth-order valence-corrected chi connectivity index (χ4v) is 2.25. The number of hydrogen-bond acceptors (Lipinski definition) is 3. The van der Waals surface area contributed by atoms with Gasteiger partial charge in [0, 0.05) is 24.3 Å². The highest BCUT2D eigenvalue weighted by Gasteiger charge is 2.23. The van der Waals surface area contributed by atoms with Gasteiger partial charge in [-0.2, -0.15) is 0 Å². The Labute approximate surface area is 133 Å². The van der Waals surface area contributed by atoms with Gasteiger partial charge in [-0.25, -0.2) is 8.78 Å². The molecule has 0 heterocycles. The average Bonchev–Trinajstić information content (AvgIpc) is 2.54. The van der Waals surface area contributed by atoms with Crippen molar-refractivity contribution in [3.63, 3.8) is 0 Å². The number of benzene rings is 2. The van der Waals surface area contributed by atoms with Gasteiger partial charge >= 0.3 is 0 Å². The van der Waals surface area contributed by atoms with Crippen LogP contribution in [0.5, 0.6) is 0 Å². The molecular formula is C18H18F2O3. The Morgan fingerprint density at radius 3 is 2.26 bits per heavy atom. The second kappa shape index (κ2) is 7.94. The van der Waals surface area contributed by atoms with Gasteiger partial charge in [0.05, 0.1) is 5.56 Å². The highest BCUT2D eigenvalue weighted by atomic mass is 19.1. The molecule has 0 aliphatic carbocycles. The van der Waals surface area contributed by atoms with Crippen molar-refractivity contribution in [1.82, 2.24) is 0 Å². The predicted octanol–water partition coefficient (Wildman–Crippen LogP) is 4.27. The number of rotatable bonds is 7. The van der Waals surface area contributed by atoms with Crippen molar-refractivity contribution in [2.45, 2.75) is 20.1 Å². The fourth-order valence-electron chi connectivity index (χ4n) is 2.25. The first-order valence-electron chi connectivity index (χ1n) is 7.40. The fraction of sp³-hybridized carbons (Fsp3) is 0.278. The van der Waals surface area contributed by atoms with Gasteiger partial charge in [0.1, 0.15) is 11.6 Å². The molecule has 3 nitrogen and oxygen atoms in total. The Bertz CT molecular complexity index is 680. The molecule has 0 unspecified atom stereocenters. The van der Waals surface area contributed by atoms with Gasteiger partial charge in [-0.1, -0.05) is 18.2 Å². The van der Waals surface area contributed by atoms with Crippen LogP contribution >= 0.6 is 0 Å². The molecule has 0 fully saturated rings. The largest absolute Gasteiger partial charge is 0.349 e. The van der Waals surface area contributed by atoms with E-state index in [0.717, 1.165) is 6.07 Å². The number of ether oxygens (including phenoxy) is 2. The van der Waals surface area contributed by atoms with Crippen LogP contribution in [0.15, 0.2) is 42.5 Å². The highest BCUT2D eigenvalue weighted by molar-refractivity contribution is 6.10. The quantitative estimate of drug-likeness (QED) is 0.564. The summed E-state index contributed by atoms with van der Waals surface area (Å²) in [5.41, 5.74) is 0.288. The van der Waals surface area contributed by atoms with Gasteiger partial charge in [-0.3, -0.25) is 4.79 Å². The van der Waals surface area contributed by atoms with Gasteiger partial charge in [-0.15, -0.1) is 0 Å². The minimum Gasteiger partial charge on any atom is -0.349 e. The topological polar surface area (TPSA) is 35.5 Å². The molecule has 23 heavy (non-hydrogen) atoms. The van der Waals surface area contributed by atoms with E-state index in [0.29, 0.717) is 18.8 Å². The normalized spacial score (nSPS) is 11.0. The molecule has 0 radical (unpaired) electrons. The molecule has 0 aliphatic heterocycles. The monoisotopic (exact) mass is 320 g/mol. The number of carbonyl (C=O) groups is 1. The van der Waals surface area contributed by atoms with Crippen LogP contribution in [0.4, 0.5) is 8.78 Å². The van der Waals surface area contributed by atoms with Gasteiger partial charge in [-0.05, 0) is 38.1 Å². The number of hydrogen-bond donors (Lipinski definition) is 0. The van der Waals surface area contributed by atoms with Crippen molar-refractivity contribution in [2.24, 2.45) is 0 Å². The number of halogens is 2. The van der Waals surface area contributed by atoms with Crippen LogP contribution in [-0.2, 0) is 9.47 Å². The van der Waals surface area contributed by atoms with Gasteiger partial charge in [0.15, 0.2) is 12.1 Å². The van der Waals surface area contributed by atoms with Crippen LogP contribution in [0.1, 0.15) is 41.6 Å². The Morgan fingerprint density at radius 2 is 1.65 bits per heavy atom. The van der Waals surface area contributed by atoms with Crippen molar-refractivity contribution in [3.8, 4) is 0 Å². The first-order valence-corrected chi connectivity index (χ1v) is 7.40. The number of ketones is 1. The average molecular weight is 320 g/mol. The summed E-state index contributed by atoms with van der Waals surface area (Å²) in [6, 6.07) is 9.32. The van der Waals surface area contributed by atoms with E-state index in [1.165, 1.54) is 30.3 Å². The molecule has 0 bridgehead atoms. The molecule has 0 aliphatic rings. The molecule has 2 aromatic rings. The molecular weight excluding hydrogens is 302 g/mol. The van der Waals surface area contributed by atoms with Crippen molar-refractivity contribution < 1.29 is 23.0 Å². The zero-order valence-corrected chi connectivity index (χ0v) is 13.0. The maximum atomic E-state index is 13.9. The zero-order chi connectivity index (χ0) is 16.8. The van der Waals surface area contributed by atoms with Crippen molar-refractivity contribution in [1.29, 1.82) is 0 Å². The summed E-state index contributed by atoms with van der Waals surface area (Å²) in [6.45, 7) is 4.28. The van der Waals surface area contributed by atoms with E-state index in [9.17, 15) is 13.6 Å². The summed E-state index contributed by atoms with van der Waals surface area (Å²) in [5.74, 6) is -1.85. The molecule has 5 heteroatoms. The molecule has 0 saturated carbocycles. The lowest BCUT2D eigenvalue weighted by atomic mass is 9.97. The van der Waals surface area contributed by atoms with Gasteiger partial charge in [0.25, 0.3) is 0 Å². The van der Waals surface area contributed by atoms with Crippen LogP contribution in [0.3, 0.4) is 0 Å². The Morgan fingerprint density at radius 1 is 1.00 bits per heavy atom. The van der Waals surface area contributed by atoms with Crippen molar-refractivity contribution in [3.05, 3.63) is 70.8 Å². The van der Waals surface area contributed by atoms with Crippen LogP contribution < -0.4 is 0 Å². The second-order valence-electron chi connectivity index (χ2n) is 4.78. The molecule has 0 amide bonds. The molecule has 2 aromatic carbocycles. The zero-order valence-electron chi connectivity index (χ0n) is 13.0. The molecule has 0 N–H and O–H groups in total. The molecule has 122 valence electrons. The summed E-state index contributed by atoms with van der Waals surface area (Å²) in [6.07, 6.45) is -0.809. The third-order valence-electron chi connectivity index (χ3n) is 3.27. The Kier molecular flexibility index (Phi) is 5.96. The lowest BCUT2D eigenvalue weighted by Gasteiger charge is -2.20. The third kappa shape index (κ3) is 4.00. The highest BCUT2D eigenvalue weighted by Crippen LogP contribution is 2.26. The standard InChI is InChI=1S/C18H18F2O3/c1-3-22-18(23-4-2)13-10-9-12(19)11-15(13)17(21)14-7-5-6-8-16(14)20/h5-11,18H,3-4H2,1-2H3. The lowest BCUT2D eigenvalue weighted by molar-refractivity contribution is -0.140. The van der Waals surface area contributed by atoms with E-state index in [-0.39, 0.29) is 11.1 Å². The van der Waals surface area contributed by atoms with Crippen LogP contribution in [0, 0.1) is 11.6 Å². The van der Waals surface area contributed by atoms with E-state index in [4.69, 9.17) is 9.47 Å². The van der Waals surface area contributed by atoms with Crippen LogP contribution in [-0.4, -0.2) is 19.0 Å². The SMILES string of the molecule is CCOC(OCC)c1ccc(F)cc1C(=O)c1ccccc1F. The Hall–Kier alpha value is -2.11. The van der Waals surface area contributed by atoms with Gasteiger partial charge in [0.2, 0.25) is 0 Å². The van der Waals surface area contributed by atoms with E-state index in [2.05, 4.69) is 0 Å². The molecule has 0 atom stereocenters. The van der Waals surface area contributed by atoms with E-state index in [1.54, 1.807) is 19.9 Å². The first-order chi connectivity index (χ1) is 11.1. The van der Waals surface area contributed by atoms with Crippen molar-refractivity contribution >= 4 is 5.78 Å². The molecule has 0 spiro atoms. The molecule has 0 aromatic heterocycles. The third-order valence-corrected chi connectivity index (χ3v) is 3.27.